The fraction of sp³-hybridized carbons (Fsp3) is 0.200. The van der Waals surface area contributed by atoms with Crippen molar-refractivity contribution in [3.63, 3.8) is 0 Å². The van der Waals surface area contributed by atoms with Gasteiger partial charge in [-0.15, -0.1) is 0 Å². The van der Waals surface area contributed by atoms with Gasteiger partial charge in [0, 0.05) is 10.4 Å². The summed E-state index contributed by atoms with van der Waals surface area (Å²) in [5.74, 6) is 1.61. The van der Waals surface area contributed by atoms with Crippen LogP contribution < -0.4 is 4.74 Å². The minimum absolute atomic E-state index is 0.719. The molecule has 18 heavy (non-hydrogen) atoms. The Morgan fingerprint density at radius 1 is 1.11 bits per heavy atom. The Balaban J connectivity index is 2.20. The molecule has 0 spiro atoms. The zero-order chi connectivity index (χ0) is 13.0. The highest BCUT2D eigenvalue weighted by Gasteiger charge is 2.03. The topological polar surface area (TPSA) is 9.23 Å². The molecular formula is C15H14BrClO. The average molecular weight is 326 g/mol. The highest BCUT2D eigenvalue weighted by atomic mass is 79.9. The van der Waals surface area contributed by atoms with Crippen LogP contribution in [-0.2, 0) is 11.8 Å². The van der Waals surface area contributed by atoms with E-state index in [1.165, 1.54) is 5.56 Å². The zero-order valence-electron chi connectivity index (χ0n) is 10.1. The van der Waals surface area contributed by atoms with Crippen molar-refractivity contribution >= 4 is 27.5 Å². The fourth-order valence-corrected chi connectivity index (χ4v) is 2.55. The maximum atomic E-state index is 6.14. The Morgan fingerprint density at radius 2 is 1.89 bits per heavy atom. The molecule has 3 heteroatoms. The van der Waals surface area contributed by atoms with Crippen LogP contribution in [0, 0.1) is 0 Å². The molecule has 0 aliphatic heterocycles. The number of alkyl halides is 1. The Morgan fingerprint density at radius 3 is 2.56 bits per heavy atom. The number of halogens is 2. The molecule has 0 fully saturated rings. The van der Waals surface area contributed by atoms with Crippen LogP contribution in [0.5, 0.6) is 11.5 Å². The first kappa shape index (κ1) is 13.4. The first-order valence-electron chi connectivity index (χ1n) is 5.84. The van der Waals surface area contributed by atoms with Gasteiger partial charge in [0.1, 0.15) is 11.5 Å². The third kappa shape index (κ3) is 3.27. The maximum Gasteiger partial charge on any atom is 0.128 e. The molecule has 0 N–H and O–H groups in total. The Hall–Kier alpha value is -0.990. The summed E-state index contributed by atoms with van der Waals surface area (Å²) in [6.07, 6.45) is 1.00. The number of benzene rings is 2. The van der Waals surface area contributed by atoms with Crippen molar-refractivity contribution in [1.82, 2.24) is 0 Å². The smallest absolute Gasteiger partial charge is 0.128 e. The Kier molecular flexibility index (Phi) is 4.67. The number of aryl methyl sites for hydroxylation is 1. The van der Waals surface area contributed by atoms with Gasteiger partial charge in [-0.1, -0.05) is 52.7 Å². The fourth-order valence-electron chi connectivity index (χ4n) is 1.66. The van der Waals surface area contributed by atoms with E-state index >= 15 is 0 Å². The van der Waals surface area contributed by atoms with Crippen LogP contribution in [0.2, 0.25) is 5.02 Å². The van der Waals surface area contributed by atoms with E-state index in [1.807, 2.05) is 36.4 Å². The van der Waals surface area contributed by atoms with Gasteiger partial charge in [0.25, 0.3) is 0 Å². The molecule has 2 aromatic carbocycles. The van der Waals surface area contributed by atoms with Gasteiger partial charge < -0.3 is 4.74 Å². The summed E-state index contributed by atoms with van der Waals surface area (Å²) in [6.45, 7) is 2.13. The van der Waals surface area contributed by atoms with E-state index in [2.05, 4.69) is 28.9 Å². The molecule has 0 radical (unpaired) electrons. The van der Waals surface area contributed by atoms with Gasteiger partial charge in [-0.3, -0.25) is 0 Å². The molecule has 0 atom stereocenters. The third-order valence-electron chi connectivity index (χ3n) is 2.71. The standard InChI is InChI=1S/C15H14BrClO/c1-2-11-4-3-5-13(8-11)18-14-7-6-12(10-16)15(17)9-14/h3-9H,2,10H2,1H3. The summed E-state index contributed by atoms with van der Waals surface area (Å²) in [4.78, 5) is 0. The van der Waals surface area contributed by atoms with Crippen molar-refractivity contribution in [2.45, 2.75) is 18.7 Å². The molecule has 0 heterocycles. The molecule has 0 unspecified atom stereocenters. The summed E-state index contributed by atoms with van der Waals surface area (Å²) < 4.78 is 5.80. The van der Waals surface area contributed by atoms with E-state index in [-0.39, 0.29) is 0 Å². The summed E-state index contributed by atoms with van der Waals surface area (Å²) >= 11 is 9.54. The summed E-state index contributed by atoms with van der Waals surface area (Å²) in [5.41, 5.74) is 2.32. The molecule has 94 valence electrons. The largest absolute Gasteiger partial charge is 0.457 e. The molecule has 1 nitrogen and oxygen atoms in total. The second-order valence-corrected chi connectivity index (χ2v) is 4.96. The molecule has 0 bridgehead atoms. The van der Waals surface area contributed by atoms with E-state index in [4.69, 9.17) is 16.3 Å². The van der Waals surface area contributed by atoms with Gasteiger partial charge in [-0.2, -0.15) is 0 Å². The lowest BCUT2D eigenvalue weighted by Crippen LogP contribution is -1.88. The first-order chi connectivity index (χ1) is 8.72. The lowest BCUT2D eigenvalue weighted by molar-refractivity contribution is 0.482. The van der Waals surface area contributed by atoms with Crippen molar-refractivity contribution in [3.8, 4) is 11.5 Å². The highest BCUT2D eigenvalue weighted by Crippen LogP contribution is 2.28. The van der Waals surface area contributed by atoms with Crippen LogP contribution >= 0.6 is 27.5 Å². The van der Waals surface area contributed by atoms with Gasteiger partial charge in [0.15, 0.2) is 0 Å². The van der Waals surface area contributed by atoms with Crippen molar-refractivity contribution in [1.29, 1.82) is 0 Å². The minimum Gasteiger partial charge on any atom is -0.457 e. The van der Waals surface area contributed by atoms with Crippen molar-refractivity contribution in [2.75, 3.05) is 0 Å². The highest BCUT2D eigenvalue weighted by molar-refractivity contribution is 9.08. The predicted molar refractivity (Wildman–Crippen MR) is 80.0 cm³/mol. The molecule has 2 rings (SSSR count). The molecule has 0 aromatic heterocycles. The van der Waals surface area contributed by atoms with Crippen molar-refractivity contribution in [2.24, 2.45) is 0 Å². The summed E-state index contributed by atoms with van der Waals surface area (Å²) in [7, 11) is 0. The maximum absolute atomic E-state index is 6.14. The normalized spacial score (nSPS) is 10.4. The van der Waals surface area contributed by atoms with E-state index in [9.17, 15) is 0 Å². The van der Waals surface area contributed by atoms with Gasteiger partial charge in [-0.25, -0.2) is 0 Å². The molecule has 0 aliphatic carbocycles. The average Bonchev–Trinajstić information content (AvgIpc) is 2.39. The van der Waals surface area contributed by atoms with Crippen LogP contribution in [0.3, 0.4) is 0 Å². The molecule has 0 saturated carbocycles. The second kappa shape index (κ2) is 6.26. The van der Waals surface area contributed by atoms with Gasteiger partial charge in [0.2, 0.25) is 0 Å². The Bertz CT molecular complexity index is 540. The van der Waals surface area contributed by atoms with Gasteiger partial charge in [-0.05, 0) is 41.8 Å². The van der Waals surface area contributed by atoms with Crippen molar-refractivity contribution < 1.29 is 4.74 Å². The van der Waals surface area contributed by atoms with E-state index in [0.717, 1.165) is 33.8 Å². The quantitative estimate of drug-likeness (QED) is 0.666. The molecule has 0 aliphatic rings. The first-order valence-corrected chi connectivity index (χ1v) is 7.34. The second-order valence-electron chi connectivity index (χ2n) is 3.99. The van der Waals surface area contributed by atoms with E-state index < -0.39 is 0 Å². The molecular weight excluding hydrogens is 312 g/mol. The van der Waals surface area contributed by atoms with E-state index in [1.54, 1.807) is 0 Å². The minimum atomic E-state index is 0.719. The van der Waals surface area contributed by atoms with Crippen molar-refractivity contribution in [3.05, 3.63) is 58.6 Å². The summed E-state index contributed by atoms with van der Waals surface area (Å²) in [5, 5.41) is 1.47. The lowest BCUT2D eigenvalue weighted by atomic mass is 10.2. The van der Waals surface area contributed by atoms with Crippen LogP contribution in [0.4, 0.5) is 0 Å². The van der Waals surface area contributed by atoms with Crippen LogP contribution in [-0.4, -0.2) is 0 Å². The zero-order valence-corrected chi connectivity index (χ0v) is 12.5. The molecule has 0 saturated heterocycles. The SMILES string of the molecule is CCc1cccc(Oc2ccc(CBr)c(Cl)c2)c1. The molecule has 2 aromatic rings. The van der Waals surface area contributed by atoms with Crippen LogP contribution in [0.15, 0.2) is 42.5 Å². The van der Waals surface area contributed by atoms with Gasteiger partial charge >= 0.3 is 0 Å². The van der Waals surface area contributed by atoms with Gasteiger partial charge in [0.05, 0.1) is 0 Å². The Labute approximate surface area is 121 Å². The lowest BCUT2D eigenvalue weighted by Gasteiger charge is -2.08. The predicted octanol–water partition coefficient (Wildman–Crippen LogP) is 5.59. The summed E-state index contributed by atoms with van der Waals surface area (Å²) in [6, 6.07) is 13.8. The third-order valence-corrected chi connectivity index (χ3v) is 3.67. The van der Waals surface area contributed by atoms with E-state index in [0.29, 0.717) is 0 Å². The monoisotopic (exact) mass is 324 g/mol. The number of hydrogen-bond donors (Lipinski definition) is 0. The van der Waals surface area contributed by atoms with Crippen LogP contribution in [0.1, 0.15) is 18.1 Å². The molecule has 0 amide bonds. The number of ether oxygens (including phenoxy) is 1. The number of rotatable bonds is 4. The van der Waals surface area contributed by atoms with Crippen LogP contribution in [0.25, 0.3) is 0 Å². The number of hydrogen-bond acceptors (Lipinski definition) is 1.